The van der Waals surface area contributed by atoms with Crippen molar-refractivity contribution in [2.45, 2.75) is 104 Å². The van der Waals surface area contributed by atoms with Crippen LogP contribution in [0.2, 0.25) is 0 Å². The van der Waals surface area contributed by atoms with Gasteiger partial charge in [-0.25, -0.2) is 0 Å². The third-order valence-electron chi connectivity index (χ3n) is 9.85. The first-order chi connectivity index (χ1) is 17.5. The van der Waals surface area contributed by atoms with Crippen LogP contribution in [-0.4, -0.2) is 33.5 Å². The summed E-state index contributed by atoms with van der Waals surface area (Å²) in [6, 6.07) is 0. The van der Waals surface area contributed by atoms with Gasteiger partial charge in [0.1, 0.15) is 0 Å². The summed E-state index contributed by atoms with van der Waals surface area (Å²) in [5, 5.41) is 32.1. The van der Waals surface area contributed by atoms with Crippen molar-refractivity contribution in [3.8, 4) is 0 Å². The molecule has 0 aromatic heterocycles. The minimum absolute atomic E-state index is 0.0497. The molecule has 0 saturated heterocycles. The molecule has 0 aromatic rings. The van der Waals surface area contributed by atoms with Crippen LogP contribution in [0, 0.1) is 52.2 Å². The van der Waals surface area contributed by atoms with Gasteiger partial charge in [-0.05, 0) is 104 Å². The van der Waals surface area contributed by atoms with E-state index in [1.807, 2.05) is 20.8 Å². The Kier molecular flexibility index (Phi) is 3.72. The van der Waals surface area contributed by atoms with Crippen LogP contribution in [0.15, 0.2) is 0 Å². The Labute approximate surface area is 195 Å². The first-order valence-electron chi connectivity index (χ1n) is 16.1. The van der Waals surface area contributed by atoms with E-state index in [9.17, 15) is 22.9 Å². The topological polar surface area (TPSA) is 77.8 Å². The quantitative estimate of drug-likeness (QED) is 0.567. The Balaban J connectivity index is 1.82. The van der Waals surface area contributed by atoms with Gasteiger partial charge in [0.25, 0.3) is 0 Å². The molecule has 4 rings (SSSR count). The number of aliphatic hydroxyl groups excluding tert-OH is 1. The summed E-state index contributed by atoms with van der Waals surface area (Å²) in [5.41, 5.74) is -1.28. The SMILES string of the molecule is [2H]C([2H])(C[C@@H](C)[C@H]1CC[C@H]2[C@H]3[C@H](CC[C@]12C)[C@@]1(C)CC[C@@H](O)C[C@H]1C([2H])(C([2H])([2H])C([2H])([2H])[2H])[C@@]3([2H])O)C(=O)O. The van der Waals surface area contributed by atoms with E-state index in [0.29, 0.717) is 38.5 Å². The number of carbonyl (C=O) groups is 1. The van der Waals surface area contributed by atoms with Gasteiger partial charge in [0, 0.05) is 17.3 Å². The monoisotopic (exact) mass is 429 g/mol. The zero-order valence-electron chi connectivity index (χ0n) is 27.4. The van der Waals surface area contributed by atoms with Gasteiger partial charge in [0.2, 0.25) is 0 Å². The van der Waals surface area contributed by atoms with E-state index in [-0.39, 0.29) is 36.5 Å². The molecule has 3 N–H and O–H groups in total. The number of aliphatic carboxylic acids is 1. The lowest BCUT2D eigenvalue weighted by atomic mass is 9.41. The van der Waals surface area contributed by atoms with Crippen LogP contribution in [0.25, 0.3) is 0 Å². The van der Waals surface area contributed by atoms with Crippen LogP contribution >= 0.6 is 0 Å². The van der Waals surface area contributed by atoms with E-state index in [1.54, 1.807) is 0 Å². The predicted molar refractivity (Wildman–Crippen MR) is 118 cm³/mol. The van der Waals surface area contributed by atoms with Gasteiger partial charge in [-0.15, -0.1) is 0 Å². The molecule has 4 nitrogen and oxygen atoms in total. The molecule has 4 saturated carbocycles. The minimum Gasteiger partial charge on any atom is -0.481 e. The molecule has 4 aliphatic rings. The van der Waals surface area contributed by atoms with E-state index in [4.69, 9.17) is 9.60 Å². The second kappa shape index (κ2) is 8.06. The molecule has 0 spiro atoms. The molecule has 11 atom stereocenters. The van der Waals surface area contributed by atoms with E-state index in [1.165, 1.54) is 0 Å². The van der Waals surface area contributed by atoms with Crippen molar-refractivity contribution < 1.29 is 32.5 Å². The Hall–Kier alpha value is -0.610. The number of fused-ring (bicyclic) bond motifs is 5. The average molecular weight is 430 g/mol. The first kappa shape index (κ1) is 13.8. The third kappa shape index (κ3) is 3.36. The maximum Gasteiger partial charge on any atom is 0.303 e. The van der Waals surface area contributed by atoms with Crippen molar-refractivity contribution >= 4 is 5.97 Å². The highest BCUT2D eigenvalue weighted by Crippen LogP contribution is 2.69. The van der Waals surface area contributed by atoms with Gasteiger partial charge < -0.3 is 15.3 Å². The molecule has 0 aliphatic heterocycles. The van der Waals surface area contributed by atoms with Crippen molar-refractivity contribution in [3.05, 3.63) is 0 Å². The molecule has 0 bridgehead atoms. The fraction of sp³-hybridized carbons (Fsp3) is 0.962. The summed E-state index contributed by atoms with van der Waals surface area (Å²) in [6.07, 6.45) is -6.22. The maximum atomic E-state index is 12.1. The van der Waals surface area contributed by atoms with Gasteiger partial charge in [-0.1, -0.05) is 34.0 Å². The molecule has 4 aliphatic carbocycles. The zero-order valence-corrected chi connectivity index (χ0v) is 18.4. The molecule has 0 radical (unpaired) electrons. The largest absolute Gasteiger partial charge is 0.481 e. The lowest BCUT2D eigenvalue weighted by Crippen LogP contribution is -2.62. The predicted octanol–water partition coefficient (Wildman–Crippen LogP) is 5.11. The van der Waals surface area contributed by atoms with E-state index >= 15 is 0 Å². The van der Waals surface area contributed by atoms with Crippen molar-refractivity contribution in [1.29, 1.82) is 0 Å². The fourth-order valence-electron chi connectivity index (χ4n) is 8.34. The highest BCUT2D eigenvalue weighted by atomic mass is 16.4. The Morgan fingerprint density at radius 1 is 1.13 bits per heavy atom. The second-order valence-corrected chi connectivity index (χ2v) is 11.0. The minimum atomic E-state index is -3.28. The standard InChI is InChI=1S/C26H44O4/c1-5-17-21-14-16(27)10-12-26(21,4)20-11-13-25(3)18(15(2)6-9-22(28)29)7-8-19(25)23(20)24(17)30/h15-21,23-24,27,30H,5-14H2,1-4H3,(H,28,29)/t15-,16-,17?,18-,19+,20+,21+,23+,24-,25-,26-/m1/s1/i1D3,5D2,9D2,17D,24D. The lowest BCUT2D eigenvalue weighted by Gasteiger charge is -2.64. The van der Waals surface area contributed by atoms with Gasteiger partial charge >= 0.3 is 5.97 Å². The van der Waals surface area contributed by atoms with Gasteiger partial charge in [0.05, 0.1) is 13.6 Å². The smallest absolute Gasteiger partial charge is 0.303 e. The molecule has 4 heteroatoms. The van der Waals surface area contributed by atoms with Crippen LogP contribution < -0.4 is 0 Å². The molecule has 0 aromatic carbocycles. The van der Waals surface area contributed by atoms with E-state index in [0.717, 1.165) is 0 Å². The third-order valence-corrected chi connectivity index (χ3v) is 9.85. The van der Waals surface area contributed by atoms with E-state index < -0.39 is 66.3 Å². The highest BCUT2D eigenvalue weighted by Gasteiger charge is 2.64. The molecular formula is C26H44O4. The number of hydrogen-bond donors (Lipinski definition) is 3. The van der Waals surface area contributed by atoms with Crippen molar-refractivity contribution in [1.82, 2.24) is 0 Å². The zero-order chi connectivity index (χ0) is 29.8. The Bertz CT molecular complexity index is 987. The van der Waals surface area contributed by atoms with Crippen molar-refractivity contribution in [2.24, 2.45) is 52.2 Å². The molecule has 30 heavy (non-hydrogen) atoms. The maximum absolute atomic E-state index is 12.1. The number of aliphatic hydroxyl groups is 2. The average Bonchev–Trinajstić information content (AvgIpc) is 3.14. The van der Waals surface area contributed by atoms with Crippen LogP contribution in [0.4, 0.5) is 0 Å². The summed E-state index contributed by atoms with van der Waals surface area (Å²) >= 11 is 0. The molecule has 172 valence electrons. The molecular weight excluding hydrogens is 376 g/mol. The van der Waals surface area contributed by atoms with Crippen LogP contribution in [0.1, 0.15) is 104 Å². The van der Waals surface area contributed by atoms with Crippen LogP contribution in [-0.2, 0) is 4.79 Å². The first-order valence-corrected chi connectivity index (χ1v) is 11.6. The van der Waals surface area contributed by atoms with Crippen LogP contribution in [0.5, 0.6) is 0 Å². The summed E-state index contributed by atoms with van der Waals surface area (Å²) < 4.78 is 76.4. The van der Waals surface area contributed by atoms with Crippen molar-refractivity contribution in [2.75, 3.05) is 0 Å². The molecule has 0 heterocycles. The highest BCUT2D eigenvalue weighted by molar-refractivity contribution is 5.66. The van der Waals surface area contributed by atoms with Gasteiger partial charge in [-0.2, -0.15) is 0 Å². The second-order valence-electron chi connectivity index (χ2n) is 11.0. The molecule has 1 unspecified atom stereocenters. The normalized spacial score (nSPS) is 62.2. The summed E-state index contributed by atoms with van der Waals surface area (Å²) in [7, 11) is 0. The van der Waals surface area contributed by atoms with Crippen molar-refractivity contribution in [3.63, 3.8) is 0 Å². The molecule has 0 amide bonds. The van der Waals surface area contributed by atoms with Crippen LogP contribution in [0.3, 0.4) is 0 Å². The number of rotatable bonds is 5. The Morgan fingerprint density at radius 2 is 1.83 bits per heavy atom. The van der Waals surface area contributed by atoms with Gasteiger partial charge in [0.15, 0.2) is 0 Å². The van der Waals surface area contributed by atoms with Gasteiger partial charge in [-0.3, -0.25) is 4.79 Å². The lowest BCUT2D eigenvalue weighted by molar-refractivity contribution is -0.203. The van der Waals surface area contributed by atoms with E-state index in [2.05, 4.69) is 0 Å². The summed E-state index contributed by atoms with van der Waals surface area (Å²) in [4.78, 5) is 11.5. The number of hydrogen-bond acceptors (Lipinski definition) is 3. The summed E-state index contributed by atoms with van der Waals surface area (Å²) in [6.45, 7) is 2.50. The molecule has 4 fully saturated rings. The Morgan fingerprint density at radius 3 is 2.53 bits per heavy atom. The fourth-order valence-corrected chi connectivity index (χ4v) is 8.34. The summed E-state index contributed by atoms with van der Waals surface area (Å²) in [5.74, 6) is -7.24. The number of carboxylic acids is 1. The number of carboxylic acid groups (broad SMARTS) is 1.